The maximum absolute atomic E-state index is 9.86. The van der Waals surface area contributed by atoms with Gasteiger partial charge in [0.2, 0.25) is 5.88 Å². The second-order valence-electron chi connectivity index (χ2n) is 5.40. The number of rotatable bonds is 4. The van der Waals surface area contributed by atoms with Gasteiger partial charge in [0.25, 0.3) is 0 Å². The Morgan fingerprint density at radius 3 is 2.65 bits per heavy atom. The molecule has 0 saturated heterocycles. The largest absolute Gasteiger partial charge is 0.507 e. The third-order valence-corrected chi connectivity index (χ3v) is 3.81. The van der Waals surface area contributed by atoms with Gasteiger partial charge in [-0.2, -0.15) is 5.26 Å². The zero-order chi connectivity index (χ0) is 17.9. The lowest BCUT2D eigenvalue weighted by atomic mass is 10.1. The Hall–Kier alpha value is -3.98. The van der Waals surface area contributed by atoms with Crippen LogP contribution in [-0.4, -0.2) is 11.3 Å². The Morgan fingerprint density at radius 1 is 1.08 bits per heavy atom. The van der Waals surface area contributed by atoms with Crippen molar-refractivity contribution in [3.8, 4) is 34.5 Å². The molecule has 4 aromatic rings. The van der Waals surface area contributed by atoms with Gasteiger partial charge >= 0.3 is 0 Å². The lowest BCUT2D eigenvalue weighted by molar-refractivity contribution is 0.474. The van der Waals surface area contributed by atoms with E-state index in [2.05, 4.69) is 11.1 Å². The molecule has 0 spiro atoms. The molecule has 26 heavy (non-hydrogen) atoms. The van der Waals surface area contributed by atoms with Crippen molar-refractivity contribution in [3.05, 3.63) is 72.4 Å². The molecule has 0 unspecified atom stereocenters. The fourth-order valence-electron chi connectivity index (χ4n) is 2.59. The molecule has 4 rings (SSSR count). The number of nitrogens with zero attached hydrogens (tertiary/aromatic N) is 2. The Balaban J connectivity index is 1.87. The third kappa shape index (κ3) is 2.68. The topological polar surface area (TPSA) is 95.8 Å². The zero-order valence-electron chi connectivity index (χ0n) is 13.4. The molecule has 3 aromatic heterocycles. The van der Waals surface area contributed by atoms with Crippen molar-refractivity contribution < 1.29 is 18.4 Å². The fraction of sp³-hybridized carbons (Fsp3) is 0. The van der Waals surface area contributed by atoms with Crippen molar-refractivity contribution in [1.29, 1.82) is 5.26 Å². The van der Waals surface area contributed by atoms with Crippen molar-refractivity contribution in [2.45, 2.75) is 0 Å². The standard InChI is InChI=1S/C20H12N2O4/c21-10-15-18(17-6-3-8-25-17)19(14-7-9-24-12-14)26-20(15)22-11-13-4-1-2-5-16(13)23/h1-9,11-12,23H/b22-11+. The number of nitriles is 1. The van der Waals surface area contributed by atoms with Crippen molar-refractivity contribution in [1.82, 2.24) is 0 Å². The number of para-hydroxylation sites is 1. The molecule has 1 aromatic carbocycles. The molecule has 0 fully saturated rings. The van der Waals surface area contributed by atoms with Gasteiger partial charge in [-0.15, -0.1) is 0 Å². The van der Waals surface area contributed by atoms with Gasteiger partial charge in [-0.3, -0.25) is 0 Å². The van der Waals surface area contributed by atoms with Crippen LogP contribution in [-0.2, 0) is 0 Å². The van der Waals surface area contributed by atoms with Gasteiger partial charge in [-0.25, -0.2) is 4.99 Å². The van der Waals surface area contributed by atoms with E-state index in [9.17, 15) is 10.4 Å². The zero-order valence-corrected chi connectivity index (χ0v) is 13.4. The number of aliphatic imine (C=N–C) groups is 1. The summed E-state index contributed by atoms with van der Waals surface area (Å²) in [4.78, 5) is 4.26. The van der Waals surface area contributed by atoms with E-state index in [0.717, 1.165) is 0 Å². The third-order valence-electron chi connectivity index (χ3n) is 3.81. The van der Waals surface area contributed by atoms with Crippen LogP contribution in [0.25, 0.3) is 22.6 Å². The molecule has 6 heteroatoms. The molecule has 0 aliphatic rings. The van der Waals surface area contributed by atoms with E-state index >= 15 is 0 Å². The molecule has 0 aliphatic carbocycles. The number of phenols is 1. The van der Waals surface area contributed by atoms with Crippen LogP contribution >= 0.6 is 0 Å². The van der Waals surface area contributed by atoms with Gasteiger partial charge in [0.1, 0.15) is 29.4 Å². The maximum atomic E-state index is 9.86. The van der Waals surface area contributed by atoms with Gasteiger partial charge in [0.05, 0.1) is 23.7 Å². The summed E-state index contributed by atoms with van der Waals surface area (Å²) in [6.45, 7) is 0. The molecule has 0 atom stereocenters. The Kier molecular flexibility index (Phi) is 3.88. The smallest absolute Gasteiger partial charge is 0.238 e. The number of phenolic OH excluding ortho intramolecular Hbond substituents is 1. The maximum Gasteiger partial charge on any atom is 0.238 e. The summed E-state index contributed by atoms with van der Waals surface area (Å²) in [7, 11) is 0. The second-order valence-corrected chi connectivity index (χ2v) is 5.40. The highest BCUT2D eigenvalue weighted by Gasteiger charge is 2.25. The van der Waals surface area contributed by atoms with Crippen LogP contribution in [0.4, 0.5) is 5.88 Å². The second kappa shape index (κ2) is 6.49. The normalized spacial score (nSPS) is 11.0. The van der Waals surface area contributed by atoms with E-state index in [4.69, 9.17) is 13.3 Å². The predicted octanol–water partition coefficient (Wildman–Crippen LogP) is 5.13. The van der Waals surface area contributed by atoms with Gasteiger partial charge in [0.15, 0.2) is 5.76 Å². The van der Waals surface area contributed by atoms with E-state index in [-0.39, 0.29) is 17.2 Å². The highest BCUT2D eigenvalue weighted by atomic mass is 16.4. The molecule has 0 radical (unpaired) electrons. The summed E-state index contributed by atoms with van der Waals surface area (Å²) in [5, 5.41) is 19.5. The van der Waals surface area contributed by atoms with E-state index in [0.29, 0.717) is 28.2 Å². The first-order chi connectivity index (χ1) is 12.8. The summed E-state index contributed by atoms with van der Waals surface area (Å²) >= 11 is 0. The quantitative estimate of drug-likeness (QED) is 0.518. The Morgan fingerprint density at radius 2 is 1.96 bits per heavy atom. The van der Waals surface area contributed by atoms with E-state index in [1.54, 1.807) is 42.5 Å². The highest BCUT2D eigenvalue weighted by molar-refractivity contribution is 5.89. The van der Waals surface area contributed by atoms with Crippen LogP contribution < -0.4 is 0 Å². The first kappa shape index (κ1) is 15.5. The van der Waals surface area contributed by atoms with Crippen LogP contribution in [0.1, 0.15) is 11.1 Å². The summed E-state index contributed by atoms with van der Waals surface area (Å²) < 4.78 is 16.4. The minimum absolute atomic E-state index is 0.0858. The van der Waals surface area contributed by atoms with E-state index in [1.807, 2.05) is 0 Å². The summed E-state index contributed by atoms with van der Waals surface area (Å²) in [6.07, 6.45) is 6.00. The lowest BCUT2D eigenvalue weighted by Crippen LogP contribution is -1.82. The van der Waals surface area contributed by atoms with Gasteiger partial charge in [-0.05, 0) is 30.3 Å². The Bertz CT molecular complexity index is 1100. The number of hydrogen-bond acceptors (Lipinski definition) is 6. The summed E-state index contributed by atoms with van der Waals surface area (Å²) in [6, 6.07) is 14.1. The van der Waals surface area contributed by atoms with E-state index < -0.39 is 0 Å². The van der Waals surface area contributed by atoms with Crippen LogP contribution in [0.5, 0.6) is 5.75 Å². The van der Waals surface area contributed by atoms with Gasteiger partial charge in [-0.1, -0.05) is 12.1 Å². The first-order valence-corrected chi connectivity index (χ1v) is 7.73. The lowest BCUT2D eigenvalue weighted by Gasteiger charge is -1.96. The van der Waals surface area contributed by atoms with Crippen molar-refractivity contribution in [3.63, 3.8) is 0 Å². The molecular weight excluding hydrogens is 332 g/mol. The minimum Gasteiger partial charge on any atom is -0.507 e. The van der Waals surface area contributed by atoms with Crippen LogP contribution in [0.2, 0.25) is 0 Å². The molecule has 0 aliphatic heterocycles. The van der Waals surface area contributed by atoms with Crippen LogP contribution in [0, 0.1) is 11.3 Å². The average molecular weight is 344 g/mol. The van der Waals surface area contributed by atoms with Gasteiger partial charge < -0.3 is 18.4 Å². The van der Waals surface area contributed by atoms with Crippen LogP contribution in [0.15, 0.2) is 79.5 Å². The average Bonchev–Trinajstić information content (AvgIpc) is 3.39. The molecule has 6 nitrogen and oxygen atoms in total. The fourth-order valence-corrected chi connectivity index (χ4v) is 2.59. The molecule has 0 saturated carbocycles. The number of aromatic hydroxyl groups is 1. The number of furan rings is 3. The molecule has 1 N–H and O–H groups in total. The molecular formula is C20H12N2O4. The predicted molar refractivity (Wildman–Crippen MR) is 94.2 cm³/mol. The van der Waals surface area contributed by atoms with Gasteiger partial charge in [0, 0.05) is 11.8 Å². The Labute approximate surface area is 148 Å². The molecule has 126 valence electrons. The SMILES string of the molecule is N#Cc1c(/N=C/c2ccccc2O)oc(-c2ccoc2)c1-c1ccco1. The molecule has 0 amide bonds. The summed E-state index contributed by atoms with van der Waals surface area (Å²) in [5.41, 5.74) is 1.92. The van der Waals surface area contributed by atoms with Crippen molar-refractivity contribution in [2.24, 2.45) is 4.99 Å². The monoisotopic (exact) mass is 344 g/mol. The molecule has 3 heterocycles. The first-order valence-electron chi connectivity index (χ1n) is 7.73. The van der Waals surface area contributed by atoms with Crippen LogP contribution in [0.3, 0.4) is 0 Å². The van der Waals surface area contributed by atoms with Crippen molar-refractivity contribution >= 4 is 12.1 Å². The highest BCUT2D eigenvalue weighted by Crippen LogP contribution is 2.42. The van der Waals surface area contributed by atoms with Crippen molar-refractivity contribution in [2.75, 3.05) is 0 Å². The minimum atomic E-state index is 0.0858. The number of benzene rings is 1. The van der Waals surface area contributed by atoms with E-state index in [1.165, 1.54) is 25.0 Å². The summed E-state index contributed by atoms with van der Waals surface area (Å²) in [5.74, 6) is 1.13. The molecule has 0 bridgehead atoms. The number of hydrogen-bond donors (Lipinski definition) is 1.